The number of carbonyl (C=O) groups is 1. The largest absolute Gasteiger partial charge is 0.385 e. The Morgan fingerprint density at radius 1 is 1.43 bits per heavy atom. The van der Waals surface area contributed by atoms with Crippen LogP contribution in [0.1, 0.15) is 52.9 Å². The lowest BCUT2D eigenvalue weighted by Gasteiger charge is -2.32. The van der Waals surface area contributed by atoms with E-state index in [4.69, 9.17) is 0 Å². The van der Waals surface area contributed by atoms with Crippen LogP contribution in [0.25, 0.3) is 0 Å². The lowest BCUT2D eigenvalue weighted by atomic mass is 9.77. The summed E-state index contributed by atoms with van der Waals surface area (Å²) < 4.78 is 0. The predicted molar refractivity (Wildman–Crippen MR) is 57.1 cm³/mol. The third-order valence-electron chi connectivity index (χ3n) is 3.09. The van der Waals surface area contributed by atoms with Crippen molar-refractivity contribution in [2.45, 2.75) is 58.5 Å². The number of ketones is 1. The van der Waals surface area contributed by atoms with Gasteiger partial charge in [-0.25, -0.2) is 0 Å². The third-order valence-corrected chi connectivity index (χ3v) is 3.09. The maximum Gasteiger partial charge on any atom is 0.161 e. The zero-order valence-corrected chi connectivity index (χ0v) is 9.39. The molecule has 0 heterocycles. The molecule has 80 valence electrons. The van der Waals surface area contributed by atoms with Crippen molar-refractivity contribution in [3.63, 3.8) is 0 Å². The van der Waals surface area contributed by atoms with Crippen molar-refractivity contribution in [3.05, 3.63) is 11.1 Å². The molecule has 0 aromatic heterocycles. The number of hydrogen-bond acceptors (Lipinski definition) is 2. The smallest absolute Gasteiger partial charge is 0.161 e. The van der Waals surface area contributed by atoms with Crippen LogP contribution >= 0.6 is 0 Å². The van der Waals surface area contributed by atoms with Crippen LogP contribution in [-0.4, -0.2) is 16.5 Å². The monoisotopic (exact) mass is 196 g/mol. The minimum atomic E-state index is -0.878. The van der Waals surface area contributed by atoms with Gasteiger partial charge in [0.1, 0.15) is 0 Å². The lowest BCUT2D eigenvalue weighted by Crippen LogP contribution is -2.36. The Hall–Kier alpha value is -0.630. The minimum Gasteiger partial charge on any atom is -0.385 e. The Kier molecular flexibility index (Phi) is 3.48. The van der Waals surface area contributed by atoms with Crippen molar-refractivity contribution in [3.8, 4) is 0 Å². The van der Waals surface area contributed by atoms with Gasteiger partial charge in [-0.1, -0.05) is 19.4 Å². The van der Waals surface area contributed by atoms with Gasteiger partial charge in [0.15, 0.2) is 5.78 Å². The van der Waals surface area contributed by atoms with E-state index in [1.54, 1.807) is 6.92 Å². The Labute approximate surface area is 86.0 Å². The normalized spacial score (nSPS) is 28.0. The second-order valence-electron chi connectivity index (χ2n) is 4.24. The van der Waals surface area contributed by atoms with Crippen molar-refractivity contribution < 1.29 is 9.90 Å². The van der Waals surface area contributed by atoms with Gasteiger partial charge in [0.05, 0.1) is 5.60 Å². The number of allylic oxidation sites excluding steroid dienone is 1. The quantitative estimate of drug-likeness (QED) is 0.689. The van der Waals surface area contributed by atoms with E-state index in [-0.39, 0.29) is 5.78 Å². The molecule has 2 heteroatoms. The van der Waals surface area contributed by atoms with Crippen molar-refractivity contribution in [2.75, 3.05) is 0 Å². The van der Waals surface area contributed by atoms with Gasteiger partial charge in [0, 0.05) is 12.0 Å². The van der Waals surface area contributed by atoms with Crippen LogP contribution < -0.4 is 0 Å². The number of rotatable bonds is 2. The molecule has 1 aliphatic carbocycles. The summed E-state index contributed by atoms with van der Waals surface area (Å²) in [7, 11) is 0. The molecule has 0 amide bonds. The Morgan fingerprint density at radius 3 is 2.43 bits per heavy atom. The second kappa shape index (κ2) is 4.26. The highest BCUT2D eigenvalue weighted by atomic mass is 16.3. The Balaban J connectivity index is 3.12. The number of Topliss-reactive ketones (excluding diaryl/α,β-unsaturated/α-hetero) is 1. The van der Waals surface area contributed by atoms with Gasteiger partial charge in [-0.05, 0) is 32.6 Å². The van der Waals surface area contributed by atoms with Crippen LogP contribution in [0.4, 0.5) is 0 Å². The van der Waals surface area contributed by atoms with Crippen molar-refractivity contribution in [1.29, 1.82) is 0 Å². The molecule has 0 aromatic carbocycles. The van der Waals surface area contributed by atoms with Crippen LogP contribution in [0.5, 0.6) is 0 Å². The van der Waals surface area contributed by atoms with Crippen molar-refractivity contribution >= 4 is 5.78 Å². The highest BCUT2D eigenvalue weighted by molar-refractivity contribution is 5.98. The summed E-state index contributed by atoms with van der Waals surface area (Å²) in [6.45, 7) is 5.86. The zero-order valence-electron chi connectivity index (χ0n) is 9.39. The fourth-order valence-corrected chi connectivity index (χ4v) is 2.33. The molecule has 0 saturated heterocycles. The van der Waals surface area contributed by atoms with Crippen LogP contribution in [0.2, 0.25) is 0 Å². The van der Waals surface area contributed by atoms with Crippen LogP contribution in [-0.2, 0) is 4.79 Å². The van der Waals surface area contributed by atoms with E-state index in [0.717, 1.165) is 31.3 Å². The van der Waals surface area contributed by atoms with Gasteiger partial charge in [-0.3, -0.25) is 4.79 Å². The summed E-state index contributed by atoms with van der Waals surface area (Å²) in [6.07, 6.45) is 3.88. The van der Waals surface area contributed by atoms with Crippen LogP contribution in [0, 0.1) is 0 Å². The summed E-state index contributed by atoms with van der Waals surface area (Å²) in [5.41, 5.74) is 0.949. The fraction of sp³-hybridized carbons (Fsp3) is 0.750. The summed E-state index contributed by atoms with van der Waals surface area (Å²) in [5, 5.41) is 10.2. The zero-order chi connectivity index (χ0) is 10.8. The van der Waals surface area contributed by atoms with E-state index in [1.165, 1.54) is 0 Å². The SMILES string of the molecule is CCC(CC)=C1C(=O)CCCC1(C)O. The first-order valence-corrected chi connectivity index (χ1v) is 5.51. The lowest BCUT2D eigenvalue weighted by molar-refractivity contribution is -0.119. The molecule has 1 unspecified atom stereocenters. The second-order valence-corrected chi connectivity index (χ2v) is 4.24. The molecule has 0 aliphatic heterocycles. The summed E-state index contributed by atoms with van der Waals surface area (Å²) in [5.74, 6) is 0.153. The molecule has 0 aromatic rings. The third kappa shape index (κ3) is 2.06. The van der Waals surface area contributed by atoms with Gasteiger partial charge >= 0.3 is 0 Å². The average Bonchev–Trinajstić information content (AvgIpc) is 2.11. The number of hydrogen-bond donors (Lipinski definition) is 1. The maximum atomic E-state index is 11.8. The predicted octanol–water partition coefficient (Wildman–Crippen LogP) is 2.61. The summed E-state index contributed by atoms with van der Waals surface area (Å²) >= 11 is 0. The first-order chi connectivity index (χ1) is 6.53. The Bertz CT molecular complexity index is 255. The minimum absolute atomic E-state index is 0.153. The van der Waals surface area contributed by atoms with E-state index in [9.17, 15) is 9.90 Å². The first kappa shape index (κ1) is 11.4. The van der Waals surface area contributed by atoms with E-state index in [1.807, 2.05) is 13.8 Å². The molecular formula is C12H20O2. The molecular weight excluding hydrogens is 176 g/mol. The first-order valence-electron chi connectivity index (χ1n) is 5.51. The molecule has 0 radical (unpaired) electrons. The van der Waals surface area contributed by atoms with E-state index in [2.05, 4.69) is 0 Å². The molecule has 2 nitrogen and oxygen atoms in total. The molecule has 0 spiro atoms. The van der Waals surface area contributed by atoms with Crippen molar-refractivity contribution in [2.24, 2.45) is 0 Å². The molecule has 14 heavy (non-hydrogen) atoms. The molecule has 0 bridgehead atoms. The number of aliphatic hydroxyl groups is 1. The highest BCUT2D eigenvalue weighted by Gasteiger charge is 2.35. The van der Waals surface area contributed by atoms with E-state index >= 15 is 0 Å². The van der Waals surface area contributed by atoms with Gasteiger partial charge in [-0.15, -0.1) is 0 Å². The molecule has 1 fully saturated rings. The van der Waals surface area contributed by atoms with E-state index in [0.29, 0.717) is 12.0 Å². The maximum absolute atomic E-state index is 11.8. The standard InChI is InChI=1S/C12H20O2/c1-4-9(5-2)11-10(13)7-6-8-12(11,3)14/h14H,4-8H2,1-3H3. The molecule has 1 rings (SSSR count). The van der Waals surface area contributed by atoms with Gasteiger partial charge in [-0.2, -0.15) is 0 Å². The van der Waals surface area contributed by atoms with Gasteiger partial charge in [0.2, 0.25) is 0 Å². The Morgan fingerprint density at radius 2 is 2.00 bits per heavy atom. The van der Waals surface area contributed by atoms with Crippen LogP contribution in [0.15, 0.2) is 11.1 Å². The highest BCUT2D eigenvalue weighted by Crippen LogP contribution is 2.34. The molecule has 1 aliphatic rings. The fourth-order valence-electron chi connectivity index (χ4n) is 2.33. The van der Waals surface area contributed by atoms with E-state index < -0.39 is 5.60 Å². The molecule has 1 N–H and O–H groups in total. The topological polar surface area (TPSA) is 37.3 Å². The van der Waals surface area contributed by atoms with Gasteiger partial charge in [0.25, 0.3) is 0 Å². The van der Waals surface area contributed by atoms with Gasteiger partial charge < -0.3 is 5.11 Å². The average molecular weight is 196 g/mol. The van der Waals surface area contributed by atoms with Crippen molar-refractivity contribution in [1.82, 2.24) is 0 Å². The summed E-state index contributed by atoms with van der Waals surface area (Å²) in [4.78, 5) is 11.8. The number of carbonyl (C=O) groups excluding carboxylic acids is 1. The molecule has 1 saturated carbocycles. The van der Waals surface area contributed by atoms with Crippen LogP contribution in [0.3, 0.4) is 0 Å². The summed E-state index contributed by atoms with van der Waals surface area (Å²) in [6, 6.07) is 0. The molecule has 1 atom stereocenters.